The van der Waals surface area contributed by atoms with E-state index in [1.165, 1.54) is 12.0 Å². The number of hydrogen-bond donors (Lipinski definition) is 1. The summed E-state index contributed by atoms with van der Waals surface area (Å²) in [6, 6.07) is 17.4. The molecule has 2 aromatic heterocycles. The van der Waals surface area contributed by atoms with Crippen molar-refractivity contribution in [1.29, 1.82) is 0 Å². The number of fused-ring (bicyclic) bond motifs is 1. The first kappa shape index (κ1) is 15.3. The van der Waals surface area contributed by atoms with Crippen LogP contribution in [0.25, 0.3) is 5.65 Å². The van der Waals surface area contributed by atoms with Gasteiger partial charge in [0.1, 0.15) is 5.82 Å². The average Bonchev–Trinajstić information content (AvgIpc) is 3.01. The van der Waals surface area contributed by atoms with E-state index >= 15 is 0 Å². The van der Waals surface area contributed by atoms with Gasteiger partial charge in [-0.25, -0.2) is 0 Å². The van der Waals surface area contributed by atoms with Crippen LogP contribution in [0, 0.1) is 5.41 Å². The van der Waals surface area contributed by atoms with E-state index in [1.54, 1.807) is 0 Å². The van der Waals surface area contributed by atoms with Crippen LogP contribution in [0.1, 0.15) is 37.6 Å². The molecule has 1 saturated carbocycles. The van der Waals surface area contributed by atoms with Gasteiger partial charge in [0.05, 0.1) is 0 Å². The number of nitrogens with zero attached hydrogens (tertiary/aromatic N) is 3. The van der Waals surface area contributed by atoms with Crippen LogP contribution in [0.5, 0.6) is 0 Å². The molecule has 0 bridgehead atoms. The zero-order valence-electron chi connectivity index (χ0n) is 14.3. The van der Waals surface area contributed by atoms with Gasteiger partial charge in [-0.1, -0.05) is 50.2 Å². The molecule has 0 saturated heterocycles. The van der Waals surface area contributed by atoms with Crippen LogP contribution in [-0.2, 0) is 6.42 Å². The highest BCUT2D eigenvalue weighted by Gasteiger charge is 2.48. The number of nitrogens with one attached hydrogen (secondary N) is 1. The molecule has 0 unspecified atom stereocenters. The van der Waals surface area contributed by atoms with Gasteiger partial charge in [0.2, 0.25) is 0 Å². The van der Waals surface area contributed by atoms with Crippen LogP contribution in [0.2, 0.25) is 0 Å². The molecule has 4 heteroatoms. The van der Waals surface area contributed by atoms with Crippen molar-refractivity contribution in [2.24, 2.45) is 5.41 Å². The van der Waals surface area contributed by atoms with Gasteiger partial charge < -0.3 is 5.32 Å². The molecule has 1 fully saturated rings. The number of benzene rings is 1. The fourth-order valence-electron chi connectivity index (χ4n) is 3.94. The van der Waals surface area contributed by atoms with E-state index in [9.17, 15) is 0 Å². The Morgan fingerprint density at radius 3 is 2.67 bits per heavy atom. The molecule has 0 radical (unpaired) electrons. The zero-order valence-corrected chi connectivity index (χ0v) is 14.3. The Balaban J connectivity index is 1.36. The molecule has 1 aliphatic carbocycles. The minimum atomic E-state index is 0.286. The van der Waals surface area contributed by atoms with Crippen LogP contribution < -0.4 is 5.32 Å². The second-order valence-corrected chi connectivity index (χ2v) is 7.32. The summed E-state index contributed by atoms with van der Waals surface area (Å²) in [5.41, 5.74) is 2.67. The van der Waals surface area contributed by atoms with Crippen molar-refractivity contribution in [2.75, 3.05) is 6.54 Å². The summed E-state index contributed by atoms with van der Waals surface area (Å²) >= 11 is 0. The topological polar surface area (TPSA) is 42.2 Å². The predicted molar refractivity (Wildman–Crippen MR) is 96.1 cm³/mol. The van der Waals surface area contributed by atoms with Crippen molar-refractivity contribution >= 4 is 5.65 Å². The lowest BCUT2D eigenvalue weighted by Gasteiger charge is -2.53. The number of rotatable bonds is 5. The molecule has 124 valence electrons. The molecule has 1 aromatic carbocycles. The maximum Gasteiger partial charge on any atom is 0.160 e. The summed E-state index contributed by atoms with van der Waals surface area (Å²) in [6.45, 7) is 5.68. The van der Waals surface area contributed by atoms with Crippen LogP contribution in [0.4, 0.5) is 0 Å². The highest BCUT2D eigenvalue weighted by atomic mass is 15.2. The minimum Gasteiger partial charge on any atom is -0.313 e. The lowest BCUT2D eigenvalue weighted by Crippen LogP contribution is -2.55. The highest BCUT2D eigenvalue weighted by Crippen LogP contribution is 2.52. The van der Waals surface area contributed by atoms with Crippen molar-refractivity contribution in [3.05, 3.63) is 66.1 Å². The molecule has 24 heavy (non-hydrogen) atoms. The van der Waals surface area contributed by atoms with Gasteiger partial charge in [0, 0.05) is 25.2 Å². The molecule has 3 aromatic rings. The van der Waals surface area contributed by atoms with Crippen molar-refractivity contribution in [1.82, 2.24) is 19.9 Å². The standard InChI is InChI=1S/C20H24N4/c1-20(2)16(15-8-4-3-5-9-15)14-17(20)21-12-11-19-23-22-18-10-6-7-13-24(18)19/h3-10,13,16-17,21H,11-12,14H2,1-2H3/t16-,17-/m0/s1. The molecule has 0 spiro atoms. The summed E-state index contributed by atoms with van der Waals surface area (Å²) in [5.74, 6) is 1.67. The zero-order chi connectivity index (χ0) is 16.6. The Kier molecular flexibility index (Phi) is 3.85. The third kappa shape index (κ3) is 2.61. The molecule has 4 nitrogen and oxygen atoms in total. The third-order valence-corrected chi connectivity index (χ3v) is 5.59. The molecule has 0 amide bonds. The first-order chi connectivity index (χ1) is 11.7. The van der Waals surface area contributed by atoms with Crippen molar-refractivity contribution in [3.63, 3.8) is 0 Å². The number of hydrogen-bond acceptors (Lipinski definition) is 3. The van der Waals surface area contributed by atoms with Crippen molar-refractivity contribution in [3.8, 4) is 0 Å². The van der Waals surface area contributed by atoms with Crippen LogP contribution in [0.3, 0.4) is 0 Å². The number of aromatic nitrogens is 3. The van der Waals surface area contributed by atoms with Gasteiger partial charge in [-0.2, -0.15) is 0 Å². The van der Waals surface area contributed by atoms with Gasteiger partial charge in [-0.15, -0.1) is 10.2 Å². The van der Waals surface area contributed by atoms with Crippen LogP contribution in [0.15, 0.2) is 54.7 Å². The van der Waals surface area contributed by atoms with Gasteiger partial charge in [-0.05, 0) is 35.4 Å². The monoisotopic (exact) mass is 320 g/mol. The first-order valence-corrected chi connectivity index (χ1v) is 8.73. The van der Waals surface area contributed by atoms with Crippen LogP contribution in [-0.4, -0.2) is 27.2 Å². The second-order valence-electron chi connectivity index (χ2n) is 7.32. The van der Waals surface area contributed by atoms with Crippen molar-refractivity contribution < 1.29 is 0 Å². The smallest absolute Gasteiger partial charge is 0.160 e. The highest BCUT2D eigenvalue weighted by molar-refractivity contribution is 5.37. The van der Waals surface area contributed by atoms with Gasteiger partial charge in [0.15, 0.2) is 5.65 Å². The molecule has 1 N–H and O–H groups in total. The summed E-state index contributed by atoms with van der Waals surface area (Å²) in [4.78, 5) is 0. The van der Waals surface area contributed by atoms with E-state index in [4.69, 9.17) is 0 Å². The van der Waals surface area contributed by atoms with Gasteiger partial charge in [-0.3, -0.25) is 4.40 Å². The van der Waals surface area contributed by atoms with Crippen LogP contribution >= 0.6 is 0 Å². The third-order valence-electron chi connectivity index (χ3n) is 5.59. The maximum atomic E-state index is 4.31. The molecular weight excluding hydrogens is 296 g/mol. The summed E-state index contributed by atoms with van der Waals surface area (Å²) in [7, 11) is 0. The number of pyridine rings is 1. The molecule has 4 rings (SSSR count). The fourth-order valence-corrected chi connectivity index (χ4v) is 3.94. The normalized spacial score (nSPS) is 22.4. The lowest BCUT2D eigenvalue weighted by atomic mass is 9.56. The Bertz CT molecular complexity index is 822. The van der Waals surface area contributed by atoms with Gasteiger partial charge >= 0.3 is 0 Å². The molecule has 2 heterocycles. The maximum absolute atomic E-state index is 4.31. The molecule has 2 atom stereocenters. The lowest BCUT2D eigenvalue weighted by molar-refractivity contribution is 0.0696. The fraction of sp³-hybridized carbons (Fsp3) is 0.400. The van der Waals surface area contributed by atoms with E-state index < -0.39 is 0 Å². The molecular formula is C20H24N4. The predicted octanol–water partition coefficient (Wildman–Crippen LogP) is 3.44. The Hall–Kier alpha value is -2.20. The SMILES string of the molecule is CC1(C)[C@@H](NCCc2nnc3ccccn23)C[C@H]1c1ccccc1. The largest absolute Gasteiger partial charge is 0.313 e. The Labute approximate surface area is 142 Å². The Morgan fingerprint density at radius 2 is 1.88 bits per heavy atom. The van der Waals surface area contributed by atoms with E-state index in [1.807, 2.05) is 24.4 Å². The van der Waals surface area contributed by atoms with E-state index in [2.05, 4.69) is 64.1 Å². The van der Waals surface area contributed by atoms with Gasteiger partial charge in [0.25, 0.3) is 0 Å². The minimum absolute atomic E-state index is 0.286. The quantitative estimate of drug-likeness (QED) is 0.783. The summed E-state index contributed by atoms with van der Waals surface area (Å²) in [5, 5.41) is 12.3. The summed E-state index contributed by atoms with van der Waals surface area (Å²) in [6.07, 6.45) is 4.13. The molecule has 1 aliphatic rings. The molecule has 0 aliphatic heterocycles. The van der Waals surface area contributed by atoms with E-state index in [0.717, 1.165) is 24.4 Å². The summed E-state index contributed by atoms with van der Waals surface area (Å²) < 4.78 is 2.07. The van der Waals surface area contributed by atoms with E-state index in [-0.39, 0.29) is 5.41 Å². The average molecular weight is 320 g/mol. The second kappa shape index (κ2) is 6.02. The Morgan fingerprint density at radius 1 is 1.08 bits per heavy atom. The van der Waals surface area contributed by atoms with E-state index in [0.29, 0.717) is 12.0 Å². The van der Waals surface area contributed by atoms with Crippen molar-refractivity contribution in [2.45, 2.75) is 38.6 Å². The first-order valence-electron chi connectivity index (χ1n) is 8.73.